The minimum Gasteiger partial charge on any atom is -0.344 e. The third kappa shape index (κ3) is 2.53. The Balaban J connectivity index is 2.37. The van der Waals surface area contributed by atoms with E-state index < -0.39 is 0 Å². The number of nitrogens with zero attached hydrogens (tertiary/aromatic N) is 1. The summed E-state index contributed by atoms with van der Waals surface area (Å²) in [6.45, 7) is 0. The van der Waals surface area contributed by atoms with E-state index in [2.05, 4.69) is 17.0 Å². The zero-order chi connectivity index (χ0) is 12.1. The van der Waals surface area contributed by atoms with Crippen molar-refractivity contribution in [1.82, 2.24) is 0 Å². The lowest BCUT2D eigenvalue weighted by atomic mass is 10.1. The Labute approximate surface area is 102 Å². The zero-order valence-corrected chi connectivity index (χ0v) is 9.84. The molecule has 0 amide bonds. The first-order valence-corrected chi connectivity index (χ1v) is 5.63. The number of aldehydes is 1. The Bertz CT molecular complexity index is 493. The van der Waals surface area contributed by atoms with Gasteiger partial charge >= 0.3 is 0 Å². The maximum absolute atomic E-state index is 10.7. The van der Waals surface area contributed by atoms with Gasteiger partial charge in [-0.15, -0.1) is 0 Å². The van der Waals surface area contributed by atoms with Crippen molar-refractivity contribution < 1.29 is 4.79 Å². The summed E-state index contributed by atoms with van der Waals surface area (Å²) in [5.41, 5.74) is 3.24. The van der Waals surface area contributed by atoms with Gasteiger partial charge in [0.15, 0.2) is 0 Å². The average Bonchev–Trinajstić information content (AvgIpc) is 2.40. The van der Waals surface area contributed by atoms with Gasteiger partial charge in [0.05, 0.1) is 0 Å². The number of hydrogen-bond donors (Lipinski definition) is 0. The summed E-state index contributed by atoms with van der Waals surface area (Å²) in [7, 11) is 2.01. The van der Waals surface area contributed by atoms with Gasteiger partial charge in [0.1, 0.15) is 6.29 Å². The lowest BCUT2D eigenvalue weighted by Crippen LogP contribution is -2.11. The summed E-state index contributed by atoms with van der Waals surface area (Å²) in [4.78, 5) is 12.8. The van der Waals surface area contributed by atoms with Gasteiger partial charge in [0.25, 0.3) is 0 Å². The Hall–Kier alpha value is -2.09. The molecular formula is C15H15NO. The number of anilines is 2. The Morgan fingerprint density at radius 1 is 1.00 bits per heavy atom. The van der Waals surface area contributed by atoms with Gasteiger partial charge in [-0.1, -0.05) is 36.4 Å². The molecule has 0 saturated carbocycles. The second kappa shape index (κ2) is 5.30. The monoisotopic (exact) mass is 225 g/mol. The SMILES string of the molecule is CN(c1ccccc1)c1ccccc1CC=O. The highest BCUT2D eigenvalue weighted by Gasteiger charge is 2.07. The number of rotatable bonds is 4. The lowest BCUT2D eigenvalue weighted by molar-refractivity contribution is -0.107. The fourth-order valence-electron chi connectivity index (χ4n) is 1.89. The molecule has 2 aromatic carbocycles. The fraction of sp³-hybridized carbons (Fsp3) is 0.133. The predicted octanol–water partition coefficient (Wildman–Crippen LogP) is 3.20. The van der Waals surface area contributed by atoms with E-state index in [-0.39, 0.29) is 0 Å². The molecule has 2 aromatic rings. The van der Waals surface area contributed by atoms with E-state index >= 15 is 0 Å². The Morgan fingerprint density at radius 2 is 1.65 bits per heavy atom. The van der Waals surface area contributed by atoms with Crippen LogP contribution in [0.2, 0.25) is 0 Å². The maximum Gasteiger partial charge on any atom is 0.124 e. The smallest absolute Gasteiger partial charge is 0.124 e. The third-order valence-electron chi connectivity index (χ3n) is 2.80. The van der Waals surface area contributed by atoms with E-state index in [4.69, 9.17) is 0 Å². The molecule has 2 heteroatoms. The molecule has 0 aliphatic carbocycles. The quantitative estimate of drug-likeness (QED) is 0.745. The third-order valence-corrected chi connectivity index (χ3v) is 2.80. The van der Waals surface area contributed by atoms with E-state index in [0.29, 0.717) is 6.42 Å². The fourth-order valence-corrected chi connectivity index (χ4v) is 1.89. The van der Waals surface area contributed by atoms with Gasteiger partial charge < -0.3 is 9.69 Å². The van der Waals surface area contributed by atoms with Crippen LogP contribution in [-0.4, -0.2) is 13.3 Å². The van der Waals surface area contributed by atoms with Crippen LogP contribution in [0.5, 0.6) is 0 Å². The van der Waals surface area contributed by atoms with Crippen LogP contribution >= 0.6 is 0 Å². The van der Waals surface area contributed by atoms with Gasteiger partial charge in [-0.3, -0.25) is 0 Å². The van der Waals surface area contributed by atoms with Crippen molar-refractivity contribution in [3.05, 3.63) is 60.2 Å². The predicted molar refractivity (Wildman–Crippen MR) is 70.7 cm³/mol. The molecule has 17 heavy (non-hydrogen) atoms. The van der Waals surface area contributed by atoms with E-state index in [1.54, 1.807) is 0 Å². The van der Waals surface area contributed by atoms with Gasteiger partial charge in [0, 0.05) is 24.8 Å². The molecule has 2 nitrogen and oxygen atoms in total. The molecule has 0 radical (unpaired) electrons. The van der Waals surface area contributed by atoms with E-state index in [1.807, 2.05) is 49.5 Å². The van der Waals surface area contributed by atoms with Crippen molar-refractivity contribution in [3.63, 3.8) is 0 Å². The highest BCUT2D eigenvalue weighted by molar-refractivity contribution is 5.69. The Kier molecular flexibility index (Phi) is 3.55. The highest BCUT2D eigenvalue weighted by Crippen LogP contribution is 2.26. The van der Waals surface area contributed by atoms with Crippen LogP contribution in [0.25, 0.3) is 0 Å². The van der Waals surface area contributed by atoms with E-state index in [9.17, 15) is 4.79 Å². The first-order valence-electron chi connectivity index (χ1n) is 5.63. The van der Waals surface area contributed by atoms with Crippen molar-refractivity contribution in [2.45, 2.75) is 6.42 Å². The standard InChI is InChI=1S/C15H15NO/c1-16(14-8-3-2-4-9-14)15-10-6-5-7-13(15)11-12-17/h2-10,12H,11H2,1H3. The van der Waals surface area contributed by atoms with E-state index in [0.717, 1.165) is 23.2 Å². The van der Waals surface area contributed by atoms with Gasteiger partial charge in [0.2, 0.25) is 0 Å². The molecule has 0 aliphatic rings. The topological polar surface area (TPSA) is 20.3 Å². The molecule has 0 heterocycles. The number of para-hydroxylation sites is 2. The number of benzene rings is 2. The summed E-state index contributed by atoms with van der Waals surface area (Å²) in [6.07, 6.45) is 1.39. The number of carbonyl (C=O) groups is 1. The minimum absolute atomic E-state index is 0.452. The largest absolute Gasteiger partial charge is 0.344 e. The summed E-state index contributed by atoms with van der Waals surface area (Å²) in [6, 6.07) is 18.1. The van der Waals surface area contributed by atoms with Crippen molar-refractivity contribution in [3.8, 4) is 0 Å². The molecular weight excluding hydrogens is 210 g/mol. The maximum atomic E-state index is 10.7. The first-order chi connectivity index (χ1) is 8.33. The second-order valence-corrected chi connectivity index (χ2v) is 3.89. The highest BCUT2D eigenvalue weighted by atomic mass is 16.1. The van der Waals surface area contributed by atoms with E-state index in [1.165, 1.54) is 0 Å². The molecule has 0 saturated heterocycles. The number of carbonyl (C=O) groups excluding carboxylic acids is 1. The molecule has 0 spiro atoms. The molecule has 0 aromatic heterocycles. The van der Waals surface area contributed by atoms with Crippen LogP contribution in [0, 0.1) is 0 Å². The summed E-state index contributed by atoms with van der Waals surface area (Å²) in [5, 5.41) is 0. The number of hydrogen-bond acceptors (Lipinski definition) is 2. The molecule has 0 aliphatic heterocycles. The van der Waals surface area contributed by atoms with Crippen molar-refractivity contribution in [2.24, 2.45) is 0 Å². The molecule has 2 rings (SSSR count). The first kappa shape index (κ1) is 11.4. The van der Waals surface area contributed by atoms with Crippen molar-refractivity contribution in [2.75, 3.05) is 11.9 Å². The summed E-state index contributed by atoms with van der Waals surface area (Å²) in [5.74, 6) is 0. The summed E-state index contributed by atoms with van der Waals surface area (Å²) < 4.78 is 0. The lowest BCUT2D eigenvalue weighted by Gasteiger charge is -2.22. The Morgan fingerprint density at radius 3 is 2.35 bits per heavy atom. The molecule has 0 N–H and O–H groups in total. The molecule has 86 valence electrons. The van der Waals surface area contributed by atoms with Crippen molar-refractivity contribution >= 4 is 17.7 Å². The van der Waals surface area contributed by atoms with Crippen LogP contribution in [-0.2, 0) is 11.2 Å². The average molecular weight is 225 g/mol. The molecule has 0 fully saturated rings. The summed E-state index contributed by atoms with van der Waals surface area (Å²) >= 11 is 0. The van der Waals surface area contributed by atoms with Crippen LogP contribution in [0.4, 0.5) is 11.4 Å². The van der Waals surface area contributed by atoms with Gasteiger partial charge in [-0.25, -0.2) is 0 Å². The van der Waals surface area contributed by atoms with Crippen LogP contribution in [0.15, 0.2) is 54.6 Å². The van der Waals surface area contributed by atoms with Crippen LogP contribution in [0.3, 0.4) is 0 Å². The van der Waals surface area contributed by atoms with Crippen LogP contribution in [0.1, 0.15) is 5.56 Å². The zero-order valence-electron chi connectivity index (χ0n) is 9.84. The van der Waals surface area contributed by atoms with Crippen LogP contribution < -0.4 is 4.90 Å². The second-order valence-electron chi connectivity index (χ2n) is 3.89. The normalized spacial score (nSPS) is 9.94. The van der Waals surface area contributed by atoms with Crippen molar-refractivity contribution in [1.29, 1.82) is 0 Å². The van der Waals surface area contributed by atoms with Gasteiger partial charge in [-0.2, -0.15) is 0 Å². The molecule has 0 bridgehead atoms. The van der Waals surface area contributed by atoms with Gasteiger partial charge in [-0.05, 0) is 23.8 Å². The molecule has 0 atom stereocenters. The minimum atomic E-state index is 0.452. The molecule has 0 unspecified atom stereocenters.